The third kappa shape index (κ3) is 3.44. The molecule has 1 aliphatic rings. The van der Waals surface area contributed by atoms with Gasteiger partial charge in [0, 0.05) is 11.4 Å². The molecular weight excluding hydrogens is 346 g/mol. The molecule has 0 saturated heterocycles. The normalized spacial score (nSPS) is 16.4. The Morgan fingerprint density at radius 3 is 2.00 bits per heavy atom. The second-order valence-electron chi connectivity index (χ2n) is 6.22. The summed E-state index contributed by atoms with van der Waals surface area (Å²) in [4.78, 5) is 14.7. The first-order chi connectivity index (χ1) is 13.1. The zero-order chi connectivity index (χ0) is 18.8. The van der Waals surface area contributed by atoms with E-state index in [1.165, 1.54) is 24.3 Å². The Bertz CT molecular complexity index is 983. The van der Waals surface area contributed by atoms with Gasteiger partial charge in [-0.05, 0) is 60.2 Å². The van der Waals surface area contributed by atoms with Gasteiger partial charge in [-0.2, -0.15) is 0 Å². The van der Waals surface area contributed by atoms with Gasteiger partial charge in [-0.1, -0.05) is 30.3 Å². The van der Waals surface area contributed by atoms with Crippen LogP contribution in [0.3, 0.4) is 0 Å². The van der Waals surface area contributed by atoms with Crippen LogP contribution in [0, 0.1) is 11.6 Å². The largest absolute Gasteiger partial charge is 0.351 e. The highest BCUT2D eigenvalue weighted by Gasteiger charge is 2.34. The molecule has 1 aliphatic heterocycles. The molecule has 0 radical (unpaired) electrons. The minimum atomic E-state index is -0.362. The van der Waals surface area contributed by atoms with Gasteiger partial charge in [-0.25, -0.2) is 8.78 Å². The molecule has 3 aromatic rings. The SMILES string of the molecule is O=C1C(Nc2ccc(F)cc2)=CC(c2ccccc2)N1c1ccc(F)cc1. The molecule has 1 unspecified atom stereocenters. The Morgan fingerprint density at radius 1 is 0.778 bits per heavy atom. The van der Waals surface area contributed by atoms with Gasteiger partial charge in [-0.3, -0.25) is 9.69 Å². The molecule has 3 nitrogen and oxygen atoms in total. The number of carbonyl (C=O) groups is 1. The topological polar surface area (TPSA) is 32.3 Å². The van der Waals surface area contributed by atoms with Crippen LogP contribution in [0.1, 0.15) is 11.6 Å². The van der Waals surface area contributed by atoms with Crippen molar-refractivity contribution in [2.75, 3.05) is 10.2 Å². The summed E-state index contributed by atoms with van der Waals surface area (Å²) in [6, 6.07) is 20.9. The second kappa shape index (κ2) is 7.03. The molecule has 3 aromatic carbocycles. The van der Waals surface area contributed by atoms with Gasteiger partial charge in [0.1, 0.15) is 17.3 Å². The van der Waals surface area contributed by atoms with E-state index >= 15 is 0 Å². The minimum absolute atomic E-state index is 0.236. The number of hydrogen-bond acceptors (Lipinski definition) is 2. The lowest BCUT2D eigenvalue weighted by molar-refractivity contribution is -0.114. The van der Waals surface area contributed by atoms with E-state index in [-0.39, 0.29) is 23.6 Å². The predicted molar refractivity (Wildman–Crippen MR) is 101 cm³/mol. The summed E-state index contributed by atoms with van der Waals surface area (Å²) < 4.78 is 26.5. The maximum Gasteiger partial charge on any atom is 0.275 e. The van der Waals surface area contributed by atoms with Gasteiger partial charge in [0.05, 0.1) is 6.04 Å². The summed E-state index contributed by atoms with van der Waals surface area (Å²) in [5.41, 5.74) is 2.54. The lowest BCUT2D eigenvalue weighted by Gasteiger charge is -2.25. The molecule has 0 bridgehead atoms. The van der Waals surface area contributed by atoms with Gasteiger partial charge in [0.25, 0.3) is 5.91 Å². The van der Waals surface area contributed by atoms with Crippen LogP contribution in [0.2, 0.25) is 0 Å². The van der Waals surface area contributed by atoms with Gasteiger partial charge in [-0.15, -0.1) is 0 Å². The summed E-state index contributed by atoms with van der Waals surface area (Å²) in [6.45, 7) is 0. The molecule has 0 saturated carbocycles. The van der Waals surface area contributed by atoms with E-state index in [4.69, 9.17) is 0 Å². The summed E-state index contributed by atoms with van der Waals surface area (Å²) in [5, 5.41) is 3.06. The molecule has 0 aromatic heterocycles. The molecule has 0 spiro atoms. The molecule has 5 heteroatoms. The number of rotatable bonds is 4. The predicted octanol–water partition coefficient (Wildman–Crippen LogP) is 5.05. The zero-order valence-electron chi connectivity index (χ0n) is 14.3. The third-order valence-electron chi connectivity index (χ3n) is 4.42. The van der Waals surface area contributed by atoms with Crippen LogP contribution >= 0.6 is 0 Å². The number of benzene rings is 3. The second-order valence-corrected chi connectivity index (χ2v) is 6.22. The van der Waals surface area contributed by atoms with E-state index in [0.29, 0.717) is 17.1 Å². The van der Waals surface area contributed by atoms with Crippen molar-refractivity contribution in [1.29, 1.82) is 0 Å². The van der Waals surface area contributed by atoms with Crippen molar-refractivity contribution in [1.82, 2.24) is 0 Å². The number of nitrogens with one attached hydrogen (secondary N) is 1. The summed E-state index contributed by atoms with van der Waals surface area (Å²) in [6.07, 6.45) is 1.82. The first-order valence-corrected chi connectivity index (χ1v) is 8.50. The van der Waals surface area contributed by atoms with E-state index in [2.05, 4.69) is 5.32 Å². The van der Waals surface area contributed by atoms with Gasteiger partial charge < -0.3 is 5.32 Å². The summed E-state index contributed by atoms with van der Waals surface area (Å²) >= 11 is 0. The van der Waals surface area contributed by atoms with Crippen molar-refractivity contribution in [2.45, 2.75) is 6.04 Å². The number of hydrogen-bond donors (Lipinski definition) is 1. The van der Waals surface area contributed by atoms with Crippen LogP contribution in [0.4, 0.5) is 20.2 Å². The van der Waals surface area contributed by atoms with Crippen molar-refractivity contribution in [3.05, 3.63) is 108 Å². The van der Waals surface area contributed by atoms with Gasteiger partial charge in [0.15, 0.2) is 0 Å². The molecule has 1 amide bonds. The third-order valence-corrected chi connectivity index (χ3v) is 4.42. The summed E-state index contributed by atoms with van der Waals surface area (Å²) in [7, 11) is 0. The van der Waals surface area contributed by atoms with Gasteiger partial charge >= 0.3 is 0 Å². The number of nitrogens with zero attached hydrogens (tertiary/aromatic N) is 1. The van der Waals surface area contributed by atoms with E-state index in [1.54, 1.807) is 29.2 Å². The van der Waals surface area contributed by atoms with Gasteiger partial charge in [0.2, 0.25) is 0 Å². The first kappa shape index (κ1) is 17.0. The van der Waals surface area contributed by atoms with Crippen molar-refractivity contribution >= 4 is 17.3 Å². The average molecular weight is 362 g/mol. The highest BCUT2D eigenvalue weighted by atomic mass is 19.1. The Kier molecular flexibility index (Phi) is 4.42. The van der Waals surface area contributed by atoms with E-state index < -0.39 is 0 Å². The van der Waals surface area contributed by atoms with Crippen molar-refractivity contribution in [3.8, 4) is 0 Å². The fourth-order valence-electron chi connectivity index (χ4n) is 3.12. The minimum Gasteiger partial charge on any atom is -0.351 e. The van der Waals surface area contributed by atoms with E-state index in [0.717, 1.165) is 5.56 Å². The van der Waals surface area contributed by atoms with Crippen molar-refractivity contribution in [2.24, 2.45) is 0 Å². The van der Waals surface area contributed by atoms with Crippen LogP contribution in [0.15, 0.2) is 90.6 Å². The lowest BCUT2D eigenvalue weighted by Crippen LogP contribution is -2.30. The lowest BCUT2D eigenvalue weighted by atomic mass is 10.1. The zero-order valence-corrected chi connectivity index (χ0v) is 14.3. The molecule has 1 atom stereocenters. The van der Waals surface area contributed by atoms with Crippen LogP contribution in [0.5, 0.6) is 0 Å². The number of carbonyl (C=O) groups excluding carboxylic acids is 1. The van der Waals surface area contributed by atoms with Crippen LogP contribution in [0.25, 0.3) is 0 Å². The molecule has 27 heavy (non-hydrogen) atoms. The molecule has 1 N–H and O–H groups in total. The van der Waals surface area contributed by atoms with E-state index in [9.17, 15) is 13.6 Å². The Balaban J connectivity index is 1.71. The van der Waals surface area contributed by atoms with Crippen LogP contribution in [-0.2, 0) is 4.79 Å². The fourth-order valence-corrected chi connectivity index (χ4v) is 3.12. The summed E-state index contributed by atoms with van der Waals surface area (Å²) in [5.74, 6) is -0.943. The number of amides is 1. The maximum absolute atomic E-state index is 13.3. The molecule has 134 valence electrons. The smallest absolute Gasteiger partial charge is 0.275 e. The molecule has 4 rings (SSSR count). The number of halogens is 2. The monoisotopic (exact) mass is 362 g/mol. The standard InChI is InChI=1S/C22H16F2N2O/c23-16-6-10-18(11-7-16)25-20-14-21(15-4-2-1-3-5-15)26(22(20)27)19-12-8-17(24)9-13-19/h1-14,21,25H. The molecule has 1 heterocycles. The van der Waals surface area contributed by atoms with Crippen molar-refractivity contribution in [3.63, 3.8) is 0 Å². The molecule has 0 aliphatic carbocycles. The number of anilines is 2. The van der Waals surface area contributed by atoms with Crippen molar-refractivity contribution < 1.29 is 13.6 Å². The van der Waals surface area contributed by atoms with E-state index in [1.807, 2.05) is 36.4 Å². The van der Waals surface area contributed by atoms with Crippen LogP contribution in [-0.4, -0.2) is 5.91 Å². The highest BCUT2D eigenvalue weighted by molar-refractivity contribution is 6.11. The quantitative estimate of drug-likeness (QED) is 0.704. The molecule has 0 fully saturated rings. The molecular formula is C22H16F2N2O. The maximum atomic E-state index is 13.3. The van der Waals surface area contributed by atoms with Crippen LogP contribution < -0.4 is 10.2 Å². The Hall–Kier alpha value is -3.47. The highest BCUT2D eigenvalue weighted by Crippen LogP contribution is 2.36. The first-order valence-electron chi connectivity index (χ1n) is 8.50. The Labute approximate surface area is 155 Å². The fraction of sp³-hybridized carbons (Fsp3) is 0.0455. The average Bonchev–Trinajstić information content (AvgIpc) is 3.01. The Morgan fingerprint density at radius 2 is 1.37 bits per heavy atom.